The molecule has 0 saturated carbocycles. The minimum Gasteiger partial charge on any atom is -0.396 e. The Kier molecular flexibility index (Phi) is 5.31. The molecule has 110 valence electrons. The van der Waals surface area contributed by atoms with Crippen molar-refractivity contribution in [2.45, 2.75) is 12.5 Å². The first kappa shape index (κ1) is 15.2. The lowest BCUT2D eigenvalue weighted by Gasteiger charge is -2.35. The van der Waals surface area contributed by atoms with Crippen LogP contribution < -0.4 is 5.32 Å². The van der Waals surface area contributed by atoms with Gasteiger partial charge in [0.1, 0.15) is 0 Å². The van der Waals surface area contributed by atoms with Crippen molar-refractivity contribution in [3.63, 3.8) is 0 Å². The number of nitrogens with zero attached hydrogens (tertiary/aromatic N) is 2. The molecule has 1 saturated heterocycles. The maximum absolute atomic E-state index is 10.9. The van der Waals surface area contributed by atoms with Gasteiger partial charge in [0.15, 0.2) is 0 Å². The molecule has 0 radical (unpaired) electrons. The summed E-state index contributed by atoms with van der Waals surface area (Å²) in [5, 5.41) is 24.0. The van der Waals surface area contributed by atoms with E-state index in [-0.39, 0.29) is 18.3 Å². The number of halogens is 1. The number of hydrogen-bond donors (Lipinski definition) is 2. The summed E-state index contributed by atoms with van der Waals surface area (Å²) in [4.78, 5) is 12.7. The van der Waals surface area contributed by atoms with Crippen LogP contribution in [0.5, 0.6) is 0 Å². The van der Waals surface area contributed by atoms with Crippen molar-refractivity contribution in [2.75, 3.05) is 32.8 Å². The van der Waals surface area contributed by atoms with Gasteiger partial charge in [-0.2, -0.15) is 0 Å². The fourth-order valence-electron chi connectivity index (χ4n) is 2.55. The maximum Gasteiger partial charge on any atom is 0.269 e. The smallest absolute Gasteiger partial charge is 0.269 e. The number of nitro benzene ring substituents is 1. The van der Waals surface area contributed by atoms with Crippen molar-refractivity contribution >= 4 is 17.3 Å². The van der Waals surface area contributed by atoms with Crippen LogP contribution >= 0.6 is 11.6 Å². The molecular weight excluding hydrogens is 282 g/mol. The molecule has 0 spiro atoms. The second kappa shape index (κ2) is 6.99. The number of nitro groups is 1. The first-order chi connectivity index (χ1) is 9.63. The lowest BCUT2D eigenvalue weighted by Crippen LogP contribution is -2.45. The predicted molar refractivity (Wildman–Crippen MR) is 77.0 cm³/mol. The first-order valence-corrected chi connectivity index (χ1v) is 7.00. The molecule has 0 unspecified atom stereocenters. The average Bonchev–Trinajstić information content (AvgIpc) is 2.46. The van der Waals surface area contributed by atoms with Crippen molar-refractivity contribution in [1.29, 1.82) is 0 Å². The Balaban J connectivity index is 2.31. The molecule has 0 bridgehead atoms. The highest BCUT2D eigenvalue weighted by Crippen LogP contribution is 2.33. The van der Waals surface area contributed by atoms with E-state index < -0.39 is 4.92 Å². The summed E-state index contributed by atoms with van der Waals surface area (Å²) in [7, 11) is 0. The molecule has 1 aromatic rings. The normalized spacial score (nSPS) is 17.9. The van der Waals surface area contributed by atoms with Gasteiger partial charge in [-0.3, -0.25) is 15.0 Å². The van der Waals surface area contributed by atoms with E-state index in [0.29, 0.717) is 11.4 Å². The Labute approximate surface area is 122 Å². The summed E-state index contributed by atoms with van der Waals surface area (Å²) >= 11 is 6.20. The zero-order chi connectivity index (χ0) is 14.5. The summed E-state index contributed by atoms with van der Waals surface area (Å²) < 4.78 is 0. The lowest BCUT2D eigenvalue weighted by atomic mass is 10.0. The van der Waals surface area contributed by atoms with Gasteiger partial charge in [0.2, 0.25) is 0 Å². The molecule has 0 amide bonds. The van der Waals surface area contributed by atoms with Gasteiger partial charge in [-0.25, -0.2) is 0 Å². The second-order valence-electron chi connectivity index (χ2n) is 4.78. The molecular formula is C13H18ClN3O3. The number of benzene rings is 1. The van der Waals surface area contributed by atoms with E-state index in [1.165, 1.54) is 12.1 Å². The number of rotatable bonds is 5. The minimum absolute atomic E-state index is 0.0214. The topological polar surface area (TPSA) is 78.6 Å². The zero-order valence-electron chi connectivity index (χ0n) is 11.1. The fraction of sp³-hybridized carbons (Fsp3) is 0.538. The minimum atomic E-state index is -0.423. The quantitative estimate of drug-likeness (QED) is 0.637. The van der Waals surface area contributed by atoms with Crippen molar-refractivity contribution in [1.82, 2.24) is 10.2 Å². The van der Waals surface area contributed by atoms with E-state index in [1.54, 1.807) is 6.07 Å². The Morgan fingerprint density at radius 1 is 1.45 bits per heavy atom. The van der Waals surface area contributed by atoms with Crippen LogP contribution in [0.2, 0.25) is 5.02 Å². The van der Waals surface area contributed by atoms with Gasteiger partial charge in [0, 0.05) is 56.0 Å². The second-order valence-corrected chi connectivity index (χ2v) is 5.18. The number of nitrogens with one attached hydrogen (secondary N) is 1. The molecule has 1 atom stereocenters. The monoisotopic (exact) mass is 299 g/mol. The highest BCUT2D eigenvalue weighted by Gasteiger charge is 2.25. The van der Waals surface area contributed by atoms with Crippen LogP contribution in [0.3, 0.4) is 0 Å². The molecule has 0 aromatic heterocycles. The predicted octanol–water partition coefficient (Wildman–Crippen LogP) is 1.58. The summed E-state index contributed by atoms with van der Waals surface area (Å²) in [6.07, 6.45) is 0.515. The van der Waals surface area contributed by atoms with E-state index in [9.17, 15) is 15.2 Å². The molecule has 1 aliphatic heterocycles. The third kappa shape index (κ3) is 3.46. The van der Waals surface area contributed by atoms with Crippen molar-refractivity contribution in [3.05, 3.63) is 38.9 Å². The molecule has 1 heterocycles. The van der Waals surface area contributed by atoms with Gasteiger partial charge in [0.25, 0.3) is 5.69 Å². The van der Waals surface area contributed by atoms with E-state index in [2.05, 4.69) is 10.2 Å². The largest absolute Gasteiger partial charge is 0.396 e. The van der Waals surface area contributed by atoms with Crippen molar-refractivity contribution in [2.24, 2.45) is 0 Å². The van der Waals surface area contributed by atoms with E-state index >= 15 is 0 Å². The van der Waals surface area contributed by atoms with Gasteiger partial charge in [-0.15, -0.1) is 0 Å². The molecule has 6 nitrogen and oxygen atoms in total. The highest BCUT2D eigenvalue weighted by atomic mass is 35.5. The van der Waals surface area contributed by atoms with Gasteiger partial charge in [0.05, 0.1) is 4.92 Å². The third-order valence-electron chi connectivity index (χ3n) is 3.54. The summed E-state index contributed by atoms with van der Waals surface area (Å²) in [6.45, 7) is 3.43. The number of hydrogen-bond acceptors (Lipinski definition) is 5. The number of piperazine rings is 1. The van der Waals surface area contributed by atoms with Crippen molar-refractivity contribution < 1.29 is 10.0 Å². The van der Waals surface area contributed by atoms with Crippen LogP contribution in [0.15, 0.2) is 18.2 Å². The van der Waals surface area contributed by atoms with Crippen LogP contribution in [0.25, 0.3) is 0 Å². The molecule has 2 rings (SSSR count). The standard InChI is InChI=1S/C13H18ClN3O3/c14-12-2-1-10(17(19)20)9-11(12)13(3-8-18)16-6-4-15-5-7-16/h1-2,9,13,15,18H,3-8H2/t13-/m0/s1. The van der Waals surface area contributed by atoms with Gasteiger partial charge < -0.3 is 10.4 Å². The van der Waals surface area contributed by atoms with Crippen molar-refractivity contribution in [3.8, 4) is 0 Å². The van der Waals surface area contributed by atoms with E-state index in [4.69, 9.17) is 11.6 Å². The Bertz CT molecular complexity index is 478. The SMILES string of the molecule is O=[N+]([O-])c1ccc(Cl)c([C@H](CCO)N2CCNCC2)c1. The molecule has 1 aromatic carbocycles. The summed E-state index contributed by atoms with van der Waals surface area (Å²) in [6, 6.07) is 4.39. The number of aliphatic hydroxyl groups excluding tert-OH is 1. The summed E-state index contributed by atoms with van der Waals surface area (Å²) in [5.41, 5.74) is 0.749. The van der Waals surface area contributed by atoms with Crippen LogP contribution in [-0.4, -0.2) is 47.7 Å². The van der Waals surface area contributed by atoms with E-state index in [1.807, 2.05) is 0 Å². The molecule has 1 fully saturated rings. The van der Waals surface area contributed by atoms with Crippen LogP contribution in [0.1, 0.15) is 18.0 Å². The summed E-state index contributed by atoms with van der Waals surface area (Å²) in [5.74, 6) is 0. The van der Waals surface area contributed by atoms with E-state index in [0.717, 1.165) is 31.7 Å². The number of aliphatic hydroxyl groups is 1. The Hall–Kier alpha value is -1.21. The molecule has 1 aliphatic rings. The molecule has 0 aliphatic carbocycles. The fourth-order valence-corrected chi connectivity index (χ4v) is 2.79. The van der Waals surface area contributed by atoms with Crippen LogP contribution in [0.4, 0.5) is 5.69 Å². The Morgan fingerprint density at radius 2 is 2.15 bits per heavy atom. The average molecular weight is 300 g/mol. The zero-order valence-corrected chi connectivity index (χ0v) is 11.8. The molecule has 20 heavy (non-hydrogen) atoms. The molecule has 7 heteroatoms. The maximum atomic E-state index is 10.9. The van der Waals surface area contributed by atoms with Crippen LogP contribution in [0, 0.1) is 10.1 Å². The number of non-ortho nitro benzene ring substituents is 1. The van der Waals surface area contributed by atoms with Gasteiger partial charge in [-0.05, 0) is 18.1 Å². The molecule has 2 N–H and O–H groups in total. The first-order valence-electron chi connectivity index (χ1n) is 6.63. The highest BCUT2D eigenvalue weighted by molar-refractivity contribution is 6.31. The lowest BCUT2D eigenvalue weighted by molar-refractivity contribution is -0.385. The van der Waals surface area contributed by atoms with Gasteiger partial charge >= 0.3 is 0 Å². The van der Waals surface area contributed by atoms with Crippen LogP contribution in [-0.2, 0) is 0 Å². The third-order valence-corrected chi connectivity index (χ3v) is 3.89. The Morgan fingerprint density at radius 3 is 2.75 bits per heavy atom. The van der Waals surface area contributed by atoms with Gasteiger partial charge in [-0.1, -0.05) is 11.6 Å².